The van der Waals surface area contributed by atoms with Crippen molar-refractivity contribution in [1.29, 1.82) is 0 Å². The molecular formula is C14H10ClF3O3. The zero-order valence-corrected chi connectivity index (χ0v) is 11.3. The van der Waals surface area contributed by atoms with E-state index in [1.807, 2.05) is 0 Å². The maximum atomic E-state index is 12.6. The molecular weight excluding hydrogens is 309 g/mol. The number of carboxylic acids is 1. The lowest BCUT2D eigenvalue weighted by atomic mass is 10.1. The number of carbonyl (C=O) groups is 1. The second kappa shape index (κ2) is 5.81. The minimum atomic E-state index is -4.87. The Morgan fingerprint density at radius 1 is 1.19 bits per heavy atom. The summed E-state index contributed by atoms with van der Waals surface area (Å²) < 4.78 is 42.8. The van der Waals surface area contributed by atoms with Crippen LogP contribution in [0.2, 0.25) is 5.02 Å². The number of hydrogen-bond acceptors (Lipinski definition) is 2. The van der Waals surface area contributed by atoms with Gasteiger partial charge in [0.25, 0.3) is 0 Å². The summed E-state index contributed by atoms with van der Waals surface area (Å²) in [6.07, 6.45) is -4.87. The molecule has 3 nitrogen and oxygen atoms in total. The van der Waals surface area contributed by atoms with Crippen LogP contribution < -0.4 is 4.74 Å². The highest BCUT2D eigenvalue weighted by Crippen LogP contribution is 2.33. The van der Waals surface area contributed by atoms with Gasteiger partial charge in [0.2, 0.25) is 0 Å². The normalized spacial score (nSPS) is 13.1. The lowest BCUT2D eigenvalue weighted by Crippen LogP contribution is -2.35. The summed E-state index contributed by atoms with van der Waals surface area (Å²) in [6.45, 7) is -0.996. The monoisotopic (exact) mass is 318 g/mol. The molecule has 0 fully saturated rings. The molecule has 1 N–H and O–H groups in total. The van der Waals surface area contributed by atoms with E-state index in [2.05, 4.69) is 0 Å². The molecule has 0 aliphatic rings. The lowest BCUT2D eigenvalue weighted by molar-refractivity contribution is -0.198. The molecule has 7 heteroatoms. The third kappa shape index (κ3) is 3.39. The van der Waals surface area contributed by atoms with Gasteiger partial charge in [0.15, 0.2) is 5.92 Å². The van der Waals surface area contributed by atoms with Crippen LogP contribution >= 0.6 is 11.6 Å². The van der Waals surface area contributed by atoms with Gasteiger partial charge in [0.05, 0.1) is 0 Å². The van der Waals surface area contributed by atoms with Crippen LogP contribution in [-0.4, -0.2) is 23.9 Å². The average Bonchev–Trinajstić information content (AvgIpc) is 2.40. The smallest absolute Gasteiger partial charge is 0.405 e. The number of ether oxygens (including phenoxy) is 1. The van der Waals surface area contributed by atoms with Crippen molar-refractivity contribution in [3.8, 4) is 5.75 Å². The van der Waals surface area contributed by atoms with Gasteiger partial charge in [-0.2, -0.15) is 13.2 Å². The summed E-state index contributed by atoms with van der Waals surface area (Å²) in [6, 6.07) is 9.66. The Bertz CT molecular complexity index is 670. The fourth-order valence-corrected chi connectivity index (χ4v) is 2.07. The quantitative estimate of drug-likeness (QED) is 0.921. The molecule has 112 valence electrons. The second-order valence-corrected chi connectivity index (χ2v) is 4.74. The molecule has 0 bridgehead atoms. The molecule has 0 saturated heterocycles. The second-order valence-electron chi connectivity index (χ2n) is 4.33. The Morgan fingerprint density at radius 3 is 2.38 bits per heavy atom. The summed E-state index contributed by atoms with van der Waals surface area (Å²) in [5.41, 5.74) is 0. The predicted molar refractivity (Wildman–Crippen MR) is 71.6 cm³/mol. The third-order valence-electron chi connectivity index (χ3n) is 2.93. The largest absolute Gasteiger partial charge is 0.492 e. The van der Waals surface area contributed by atoms with E-state index >= 15 is 0 Å². The number of rotatable bonds is 4. The zero-order valence-electron chi connectivity index (χ0n) is 10.5. The number of benzene rings is 2. The van der Waals surface area contributed by atoms with Crippen molar-refractivity contribution in [2.24, 2.45) is 5.92 Å². The van der Waals surface area contributed by atoms with Crippen molar-refractivity contribution < 1.29 is 27.8 Å². The third-order valence-corrected chi connectivity index (χ3v) is 3.26. The van der Waals surface area contributed by atoms with Crippen molar-refractivity contribution in [3.63, 3.8) is 0 Å². The molecule has 21 heavy (non-hydrogen) atoms. The first-order chi connectivity index (χ1) is 9.80. The molecule has 0 aliphatic heterocycles. The fraction of sp³-hybridized carbons (Fsp3) is 0.214. The molecule has 0 saturated carbocycles. The highest BCUT2D eigenvalue weighted by Gasteiger charge is 2.45. The van der Waals surface area contributed by atoms with Gasteiger partial charge < -0.3 is 9.84 Å². The summed E-state index contributed by atoms with van der Waals surface area (Å²) in [5, 5.41) is 10.2. The van der Waals surface area contributed by atoms with Gasteiger partial charge in [-0.1, -0.05) is 35.9 Å². The summed E-state index contributed by atoms with van der Waals surface area (Å²) in [4.78, 5) is 10.7. The SMILES string of the molecule is O=C(O)C(COc1ccc(Cl)c2ccccc12)C(F)(F)F. The Labute approximate surface area is 122 Å². The van der Waals surface area contributed by atoms with Gasteiger partial charge in [-0.05, 0) is 12.1 Å². The highest BCUT2D eigenvalue weighted by atomic mass is 35.5. The van der Waals surface area contributed by atoms with E-state index in [1.165, 1.54) is 12.1 Å². The first-order valence-electron chi connectivity index (χ1n) is 5.90. The number of carboxylic acid groups (broad SMARTS) is 1. The van der Waals surface area contributed by atoms with Crippen molar-refractivity contribution in [2.75, 3.05) is 6.61 Å². The molecule has 0 aromatic heterocycles. The van der Waals surface area contributed by atoms with Gasteiger partial charge in [0.1, 0.15) is 12.4 Å². The van der Waals surface area contributed by atoms with Gasteiger partial charge in [-0.25, -0.2) is 0 Å². The first kappa shape index (κ1) is 15.4. The van der Waals surface area contributed by atoms with Crippen LogP contribution in [0.15, 0.2) is 36.4 Å². The molecule has 0 radical (unpaired) electrons. The molecule has 1 atom stereocenters. The number of hydrogen-bond donors (Lipinski definition) is 1. The summed E-state index contributed by atoms with van der Waals surface area (Å²) >= 11 is 5.99. The molecule has 0 heterocycles. The van der Waals surface area contributed by atoms with Crippen molar-refractivity contribution in [3.05, 3.63) is 41.4 Å². The van der Waals surface area contributed by atoms with Gasteiger partial charge in [0, 0.05) is 15.8 Å². The highest BCUT2D eigenvalue weighted by molar-refractivity contribution is 6.35. The van der Waals surface area contributed by atoms with Crippen molar-refractivity contribution >= 4 is 28.3 Å². The van der Waals surface area contributed by atoms with Crippen molar-refractivity contribution in [1.82, 2.24) is 0 Å². The first-order valence-corrected chi connectivity index (χ1v) is 6.28. The average molecular weight is 319 g/mol. The van der Waals surface area contributed by atoms with E-state index in [0.29, 0.717) is 15.8 Å². The van der Waals surface area contributed by atoms with E-state index in [-0.39, 0.29) is 5.75 Å². The van der Waals surface area contributed by atoms with E-state index < -0.39 is 24.7 Å². The molecule has 2 aromatic rings. The van der Waals surface area contributed by atoms with Crippen LogP contribution in [-0.2, 0) is 4.79 Å². The Morgan fingerprint density at radius 2 is 1.81 bits per heavy atom. The Kier molecular flexibility index (Phi) is 4.27. The van der Waals surface area contributed by atoms with Gasteiger partial charge in [-0.15, -0.1) is 0 Å². The van der Waals surface area contributed by atoms with E-state index in [1.54, 1.807) is 24.3 Å². The van der Waals surface area contributed by atoms with Crippen molar-refractivity contribution in [2.45, 2.75) is 6.18 Å². The molecule has 0 aliphatic carbocycles. The predicted octanol–water partition coefficient (Wildman–Crippen LogP) is 4.14. The minimum Gasteiger partial charge on any atom is -0.492 e. The molecule has 0 amide bonds. The Hall–Kier alpha value is -1.95. The summed E-state index contributed by atoms with van der Waals surface area (Å²) in [5.74, 6) is -4.39. The molecule has 1 unspecified atom stereocenters. The van der Waals surface area contributed by atoms with E-state index in [9.17, 15) is 18.0 Å². The molecule has 2 aromatic carbocycles. The molecule has 0 spiro atoms. The number of fused-ring (bicyclic) bond motifs is 1. The fourth-order valence-electron chi connectivity index (χ4n) is 1.84. The van der Waals surface area contributed by atoms with Crippen LogP contribution in [0.5, 0.6) is 5.75 Å². The standard InChI is InChI=1S/C14H10ClF3O3/c15-11-5-6-12(9-4-2-1-3-8(9)11)21-7-10(13(19)20)14(16,17)18/h1-6,10H,7H2,(H,19,20). The Balaban J connectivity index is 2.28. The van der Waals surface area contributed by atoms with E-state index in [0.717, 1.165) is 0 Å². The lowest BCUT2D eigenvalue weighted by Gasteiger charge is -2.17. The van der Waals surface area contributed by atoms with Gasteiger partial charge >= 0.3 is 12.1 Å². The maximum absolute atomic E-state index is 12.6. The molecule has 2 rings (SSSR count). The van der Waals surface area contributed by atoms with Crippen LogP contribution in [0.3, 0.4) is 0 Å². The summed E-state index contributed by atoms with van der Waals surface area (Å²) in [7, 11) is 0. The number of halogens is 4. The number of aliphatic carboxylic acids is 1. The number of alkyl halides is 3. The van der Waals surface area contributed by atoms with Crippen LogP contribution in [0.1, 0.15) is 0 Å². The minimum absolute atomic E-state index is 0.158. The zero-order chi connectivity index (χ0) is 15.6. The van der Waals surface area contributed by atoms with Gasteiger partial charge in [-0.3, -0.25) is 4.79 Å². The topological polar surface area (TPSA) is 46.5 Å². The van der Waals surface area contributed by atoms with Crippen LogP contribution in [0.4, 0.5) is 13.2 Å². The van der Waals surface area contributed by atoms with Crippen LogP contribution in [0.25, 0.3) is 10.8 Å². The van der Waals surface area contributed by atoms with E-state index in [4.69, 9.17) is 21.4 Å². The maximum Gasteiger partial charge on any atom is 0.405 e. The van der Waals surface area contributed by atoms with Crippen LogP contribution in [0, 0.1) is 5.92 Å².